The fourth-order valence-electron chi connectivity index (χ4n) is 9.95. The van der Waals surface area contributed by atoms with Crippen LogP contribution in [0.3, 0.4) is 0 Å². The zero-order chi connectivity index (χ0) is 46.6. The van der Waals surface area contributed by atoms with Gasteiger partial charge < -0.3 is 33.5 Å². The normalized spacial score (nSPS) is 15.8. The van der Waals surface area contributed by atoms with Crippen molar-refractivity contribution in [3.05, 3.63) is 128 Å². The van der Waals surface area contributed by atoms with Gasteiger partial charge in [0, 0.05) is 83.3 Å². The van der Waals surface area contributed by atoms with Crippen LogP contribution >= 0.6 is 23.2 Å². The number of aromatic carboxylic acids is 1. The third-order valence-electron chi connectivity index (χ3n) is 13.1. The Hall–Kier alpha value is -5.99. The van der Waals surface area contributed by atoms with Crippen LogP contribution in [0.15, 0.2) is 66.9 Å². The monoisotopic (exact) mass is 928 g/mol. The second-order valence-electron chi connectivity index (χ2n) is 17.7. The molecule has 0 bridgehead atoms. The predicted molar refractivity (Wildman–Crippen MR) is 260 cm³/mol. The number of ether oxygens (including phenoxy) is 2. The molecule has 7 aromatic rings. The molecule has 2 aliphatic heterocycles. The third-order valence-corrected chi connectivity index (χ3v) is 14.0. The van der Waals surface area contributed by atoms with E-state index < -0.39 is 5.97 Å². The average molecular weight is 930 g/mol. The van der Waals surface area contributed by atoms with Crippen molar-refractivity contribution in [1.82, 2.24) is 33.9 Å². The van der Waals surface area contributed by atoms with E-state index in [-0.39, 0.29) is 30.7 Å². The van der Waals surface area contributed by atoms with Crippen molar-refractivity contribution in [3.63, 3.8) is 0 Å². The molecule has 0 saturated carbocycles. The van der Waals surface area contributed by atoms with Gasteiger partial charge in [-0.05, 0) is 120 Å². The summed E-state index contributed by atoms with van der Waals surface area (Å²) < 4.78 is 16.0. The van der Waals surface area contributed by atoms with Crippen LogP contribution in [-0.4, -0.2) is 104 Å². The van der Waals surface area contributed by atoms with Gasteiger partial charge >= 0.3 is 5.97 Å². The maximum atomic E-state index is 15.7. The molecule has 0 unspecified atom stereocenters. The highest BCUT2D eigenvalue weighted by Crippen LogP contribution is 2.46. The number of carboxylic acids is 1. The lowest BCUT2D eigenvalue weighted by atomic mass is 9.97. The Kier molecular flexibility index (Phi) is 12.6. The fraction of sp³-hybridized carbons (Fsp3) is 0.353. The number of carbonyl (C=O) groups is 2. The van der Waals surface area contributed by atoms with E-state index in [2.05, 4.69) is 33.3 Å². The van der Waals surface area contributed by atoms with E-state index in [1.807, 2.05) is 76.2 Å². The highest BCUT2D eigenvalue weighted by atomic mass is 35.5. The fourth-order valence-corrected chi connectivity index (χ4v) is 10.3. The highest BCUT2D eigenvalue weighted by Gasteiger charge is 2.38. The number of carbonyl (C=O) groups excluding carboxylic acids is 1. The third kappa shape index (κ3) is 8.27. The lowest BCUT2D eigenvalue weighted by molar-refractivity contribution is 0.0686. The largest absolute Gasteiger partial charge is 0.496 e. The summed E-state index contributed by atoms with van der Waals surface area (Å²) in [5.74, 6) is 0.689. The Labute approximate surface area is 394 Å². The number of piperazine rings is 1. The first-order chi connectivity index (χ1) is 31.7. The molecule has 2 aliphatic rings. The Morgan fingerprint density at radius 3 is 2.27 bits per heavy atom. The number of methoxy groups -OCH3 is 1. The van der Waals surface area contributed by atoms with Crippen LogP contribution in [0.4, 0.5) is 5.69 Å². The van der Waals surface area contributed by atoms with Crippen molar-refractivity contribution in [1.29, 1.82) is 0 Å². The highest BCUT2D eigenvalue weighted by molar-refractivity contribution is 6.35. The molecular weight excluding hydrogens is 876 g/mol. The van der Waals surface area contributed by atoms with Gasteiger partial charge in [0.2, 0.25) is 0 Å². The lowest BCUT2D eigenvalue weighted by Crippen LogP contribution is -2.44. The van der Waals surface area contributed by atoms with E-state index in [0.717, 1.165) is 92.9 Å². The van der Waals surface area contributed by atoms with E-state index >= 15 is 4.79 Å². The second kappa shape index (κ2) is 18.4. The molecule has 1 saturated heterocycles. The average Bonchev–Trinajstić information content (AvgIpc) is 3.84. The second-order valence-corrected chi connectivity index (χ2v) is 18.4. The molecule has 0 radical (unpaired) electrons. The number of nitrogens with zero attached hydrogens (tertiary/aromatic N) is 8. The Morgan fingerprint density at radius 2 is 1.61 bits per heavy atom. The molecule has 0 aliphatic carbocycles. The van der Waals surface area contributed by atoms with Gasteiger partial charge in [0.25, 0.3) is 5.91 Å². The Morgan fingerprint density at radius 1 is 0.879 bits per heavy atom. The van der Waals surface area contributed by atoms with Gasteiger partial charge in [-0.15, -0.1) is 0 Å². The van der Waals surface area contributed by atoms with E-state index in [4.69, 9.17) is 42.6 Å². The molecule has 1 atom stereocenters. The Balaban J connectivity index is 1.19. The van der Waals surface area contributed by atoms with Crippen LogP contribution < -0.4 is 14.4 Å². The number of likely N-dealkylation sites (N-methyl/N-ethyl adjacent to an activating group) is 1. The van der Waals surface area contributed by atoms with Crippen molar-refractivity contribution in [2.45, 2.75) is 66.6 Å². The molecule has 342 valence electrons. The number of hydrogen-bond acceptors (Lipinski definition) is 9. The van der Waals surface area contributed by atoms with Crippen LogP contribution in [0, 0.1) is 27.7 Å². The number of aryl methyl sites for hydroxylation is 5. The van der Waals surface area contributed by atoms with Crippen molar-refractivity contribution in [2.24, 2.45) is 0 Å². The quantitative estimate of drug-likeness (QED) is 0.112. The van der Waals surface area contributed by atoms with Gasteiger partial charge in [-0.2, -0.15) is 0 Å². The minimum atomic E-state index is -1.10. The van der Waals surface area contributed by atoms with Gasteiger partial charge in [0.15, 0.2) is 0 Å². The van der Waals surface area contributed by atoms with E-state index in [0.29, 0.717) is 64.7 Å². The molecule has 1 fully saturated rings. The number of halogens is 2. The lowest BCUT2D eigenvalue weighted by Gasteiger charge is -2.35. The van der Waals surface area contributed by atoms with Crippen LogP contribution in [-0.2, 0) is 19.5 Å². The van der Waals surface area contributed by atoms with Crippen LogP contribution in [0.25, 0.3) is 32.9 Å². The van der Waals surface area contributed by atoms with Crippen LogP contribution in [0.1, 0.15) is 80.0 Å². The predicted octanol–water partition coefficient (Wildman–Crippen LogP) is 9.72. The summed E-state index contributed by atoms with van der Waals surface area (Å²) in [6.45, 7) is 15.5. The van der Waals surface area contributed by atoms with E-state index in [1.165, 1.54) is 0 Å². The first-order valence-corrected chi connectivity index (χ1v) is 23.1. The zero-order valence-corrected chi connectivity index (χ0v) is 39.9. The molecular formula is C51H54Cl2N8O5. The van der Waals surface area contributed by atoms with Gasteiger partial charge in [0.1, 0.15) is 28.7 Å². The molecule has 3 aromatic carbocycles. The number of hydrogen-bond donors (Lipinski definition) is 1. The van der Waals surface area contributed by atoms with Gasteiger partial charge in [-0.3, -0.25) is 14.7 Å². The summed E-state index contributed by atoms with van der Waals surface area (Å²) in [6.07, 6.45) is 2.81. The summed E-state index contributed by atoms with van der Waals surface area (Å²) in [5, 5.41) is 13.3. The Bertz CT molecular complexity index is 2980. The minimum absolute atomic E-state index is 0.0570. The minimum Gasteiger partial charge on any atom is -0.496 e. The number of anilines is 1. The summed E-state index contributed by atoms with van der Waals surface area (Å²) in [5.41, 5.74) is 9.30. The number of pyridine rings is 1. The van der Waals surface area contributed by atoms with Crippen molar-refractivity contribution >= 4 is 62.6 Å². The van der Waals surface area contributed by atoms with Crippen molar-refractivity contribution < 1.29 is 24.2 Å². The summed E-state index contributed by atoms with van der Waals surface area (Å²) in [7, 11) is 3.70. The molecule has 6 heterocycles. The molecule has 1 N–H and O–H groups in total. The van der Waals surface area contributed by atoms with E-state index in [1.54, 1.807) is 34.9 Å². The van der Waals surface area contributed by atoms with Gasteiger partial charge in [0.05, 0.1) is 54.2 Å². The van der Waals surface area contributed by atoms with Crippen molar-refractivity contribution in [3.8, 4) is 22.6 Å². The first kappa shape index (κ1) is 45.2. The van der Waals surface area contributed by atoms with Crippen LogP contribution in [0.5, 0.6) is 11.5 Å². The number of rotatable bonds is 13. The maximum absolute atomic E-state index is 15.7. The number of aromatic nitrogens is 5. The molecule has 13 nitrogen and oxygen atoms in total. The molecule has 0 spiro atoms. The number of amides is 1. The molecule has 9 rings (SSSR count). The first-order valence-electron chi connectivity index (χ1n) is 22.4. The van der Waals surface area contributed by atoms with E-state index in [9.17, 15) is 9.90 Å². The van der Waals surface area contributed by atoms with Gasteiger partial charge in [-0.1, -0.05) is 35.3 Å². The topological polar surface area (TPSA) is 131 Å². The zero-order valence-electron chi connectivity index (χ0n) is 38.4. The van der Waals surface area contributed by atoms with Gasteiger partial charge in [-0.25, -0.2) is 14.8 Å². The van der Waals surface area contributed by atoms with Crippen LogP contribution in [0.2, 0.25) is 10.0 Å². The molecule has 66 heavy (non-hydrogen) atoms. The molecule has 1 amide bonds. The number of fused-ring (bicyclic) bond motifs is 4. The smallest absolute Gasteiger partial charge is 0.352 e. The summed E-state index contributed by atoms with van der Waals surface area (Å²) in [6, 6.07) is 18.4. The number of carboxylic acid groups (broad SMARTS) is 1. The standard InChI is InChI=1S/C51H54Cl2N8O5/c1-29-23-35(24-30(2)46(29)53)66-22-10-12-36-37-13-14-39(52)45(44-32(4)55-43(56-33(44)5)28-58-20-18-57(6)19-21-58)48(37)61-31(3)26-60(50(62)49(36)61)40-15-16-42(65-7)38-25-41(51(63)64)59(47(38)40)27-34-11-8-9-17-54-34/h8-9,11,13-17,23-25,31H,10,12,18-22,26-28H2,1-7H3,(H,63,64)/t31-/m1/s1. The number of benzene rings is 3. The molecule has 4 aromatic heterocycles. The maximum Gasteiger partial charge on any atom is 0.352 e. The SMILES string of the molecule is COc1ccc(N2C[C@@H](C)n3c(c(CCCOc4cc(C)c(Cl)c(C)c4)c4ccc(Cl)c(-c5c(C)nc(CN6CCN(C)CC6)nc5C)c43)C2=O)c2c1cc(C(=O)O)n2Cc1ccccn1. The molecule has 15 heteroatoms. The summed E-state index contributed by atoms with van der Waals surface area (Å²) >= 11 is 13.8. The summed E-state index contributed by atoms with van der Waals surface area (Å²) in [4.78, 5) is 49.8. The van der Waals surface area contributed by atoms with Crippen molar-refractivity contribution in [2.75, 3.05) is 58.4 Å².